The van der Waals surface area contributed by atoms with Gasteiger partial charge in [-0.05, 0) is 23.3 Å². The van der Waals surface area contributed by atoms with Gasteiger partial charge in [0, 0.05) is 25.2 Å². The molecule has 1 heterocycles. The Morgan fingerprint density at radius 1 is 1.03 bits per heavy atom. The first-order chi connectivity index (χ1) is 14.2. The number of nitrogens with zero attached hydrogens (tertiary/aromatic N) is 1. The van der Waals surface area contributed by atoms with E-state index in [1.807, 2.05) is 42.5 Å². The summed E-state index contributed by atoms with van der Waals surface area (Å²) in [5.41, 5.74) is 8.05. The average Bonchev–Trinajstić information content (AvgIpc) is 2.79. The van der Waals surface area contributed by atoms with Gasteiger partial charge in [-0.15, -0.1) is 0 Å². The molecule has 0 aliphatic carbocycles. The first-order valence-electron chi connectivity index (χ1n) is 9.79. The standard InChI is InChI=1S/C22H27N3O4/c23-10-13-29-16-20(22(27)25-11-14-28-15-12-25)24-21(26)19-8-6-18(7-9-19)17-4-2-1-3-5-17/h1-9,20H,10-16,23H2,(H,24,26)/t20-/m0/s1. The molecule has 2 aromatic rings. The van der Waals surface area contributed by atoms with Crippen LogP contribution in [0.5, 0.6) is 0 Å². The zero-order chi connectivity index (χ0) is 20.5. The molecule has 0 unspecified atom stereocenters. The van der Waals surface area contributed by atoms with Crippen molar-refractivity contribution in [2.75, 3.05) is 46.1 Å². The summed E-state index contributed by atoms with van der Waals surface area (Å²) >= 11 is 0. The first-order valence-corrected chi connectivity index (χ1v) is 9.79. The van der Waals surface area contributed by atoms with Crippen molar-refractivity contribution in [2.24, 2.45) is 5.73 Å². The molecular weight excluding hydrogens is 370 g/mol. The van der Waals surface area contributed by atoms with Crippen LogP contribution in [0.3, 0.4) is 0 Å². The molecule has 1 fully saturated rings. The van der Waals surface area contributed by atoms with E-state index in [4.69, 9.17) is 15.2 Å². The maximum atomic E-state index is 12.8. The van der Waals surface area contributed by atoms with Crippen molar-refractivity contribution in [1.82, 2.24) is 10.2 Å². The first kappa shape index (κ1) is 21.0. The molecule has 0 spiro atoms. The summed E-state index contributed by atoms with van der Waals surface area (Å²) < 4.78 is 10.7. The van der Waals surface area contributed by atoms with Crippen molar-refractivity contribution >= 4 is 11.8 Å². The molecule has 3 rings (SSSR count). The summed E-state index contributed by atoms with van der Waals surface area (Å²) in [5, 5.41) is 2.81. The monoisotopic (exact) mass is 397 g/mol. The predicted molar refractivity (Wildman–Crippen MR) is 110 cm³/mol. The van der Waals surface area contributed by atoms with Gasteiger partial charge in [-0.1, -0.05) is 42.5 Å². The van der Waals surface area contributed by atoms with Crippen LogP contribution in [-0.4, -0.2) is 68.8 Å². The molecule has 1 saturated heterocycles. The van der Waals surface area contributed by atoms with E-state index < -0.39 is 6.04 Å². The average molecular weight is 397 g/mol. The Bertz CT molecular complexity index is 789. The third-order valence-corrected chi connectivity index (χ3v) is 4.73. The van der Waals surface area contributed by atoms with Crippen LogP contribution in [0.1, 0.15) is 10.4 Å². The Balaban J connectivity index is 1.67. The summed E-state index contributed by atoms with van der Waals surface area (Å²) in [6, 6.07) is 16.5. The molecule has 29 heavy (non-hydrogen) atoms. The number of carbonyl (C=O) groups excluding carboxylic acids is 2. The molecule has 7 nitrogen and oxygen atoms in total. The highest BCUT2D eigenvalue weighted by atomic mass is 16.5. The molecule has 2 aromatic carbocycles. The van der Waals surface area contributed by atoms with Crippen molar-refractivity contribution in [2.45, 2.75) is 6.04 Å². The normalized spacial score (nSPS) is 15.0. The molecule has 3 N–H and O–H groups in total. The highest BCUT2D eigenvalue weighted by Crippen LogP contribution is 2.19. The lowest BCUT2D eigenvalue weighted by Crippen LogP contribution is -2.53. The molecule has 1 atom stereocenters. The molecule has 0 bridgehead atoms. The van der Waals surface area contributed by atoms with Gasteiger partial charge in [-0.2, -0.15) is 0 Å². The van der Waals surface area contributed by atoms with Gasteiger partial charge in [-0.25, -0.2) is 0 Å². The fraction of sp³-hybridized carbons (Fsp3) is 0.364. The van der Waals surface area contributed by atoms with Crippen molar-refractivity contribution < 1.29 is 19.1 Å². The molecular formula is C22H27N3O4. The molecule has 154 valence electrons. The quantitative estimate of drug-likeness (QED) is 0.655. The summed E-state index contributed by atoms with van der Waals surface area (Å²) in [4.78, 5) is 27.3. The minimum atomic E-state index is -0.763. The maximum absolute atomic E-state index is 12.8. The highest BCUT2D eigenvalue weighted by Gasteiger charge is 2.27. The summed E-state index contributed by atoms with van der Waals surface area (Å²) in [6.07, 6.45) is 0. The van der Waals surface area contributed by atoms with Crippen LogP contribution < -0.4 is 11.1 Å². The third-order valence-electron chi connectivity index (χ3n) is 4.73. The number of rotatable bonds is 8. The second-order valence-corrected chi connectivity index (χ2v) is 6.77. The number of hydrogen-bond acceptors (Lipinski definition) is 5. The molecule has 0 radical (unpaired) electrons. The second kappa shape index (κ2) is 10.7. The molecule has 0 saturated carbocycles. The topological polar surface area (TPSA) is 93.9 Å². The van der Waals surface area contributed by atoms with Gasteiger partial charge in [0.05, 0.1) is 26.4 Å². The largest absolute Gasteiger partial charge is 0.378 e. The lowest BCUT2D eigenvalue weighted by molar-refractivity contribution is -0.138. The molecule has 0 aromatic heterocycles. The van der Waals surface area contributed by atoms with Crippen LogP contribution in [0.4, 0.5) is 0 Å². The number of benzene rings is 2. The van der Waals surface area contributed by atoms with Gasteiger partial charge in [0.2, 0.25) is 5.91 Å². The third kappa shape index (κ3) is 5.87. The fourth-order valence-electron chi connectivity index (χ4n) is 3.15. The van der Waals surface area contributed by atoms with E-state index in [2.05, 4.69) is 5.32 Å². The number of nitrogens with one attached hydrogen (secondary N) is 1. The Hall–Kier alpha value is -2.74. The van der Waals surface area contributed by atoms with Crippen LogP contribution >= 0.6 is 0 Å². The van der Waals surface area contributed by atoms with Gasteiger partial charge in [0.1, 0.15) is 6.04 Å². The van der Waals surface area contributed by atoms with Crippen LogP contribution in [0, 0.1) is 0 Å². The van der Waals surface area contributed by atoms with Crippen LogP contribution in [0.2, 0.25) is 0 Å². The number of hydrogen-bond donors (Lipinski definition) is 2. The van der Waals surface area contributed by atoms with E-state index in [1.165, 1.54) is 0 Å². The molecule has 1 aliphatic rings. The van der Waals surface area contributed by atoms with Crippen molar-refractivity contribution in [3.63, 3.8) is 0 Å². The van der Waals surface area contributed by atoms with E-state index in [1.54, 1.807) is 17.0 Å². The maximum Gasteiger partial charge on any atom is 0.251 e. The number of nitrogens with two attached hydrogens (primary N) is 1. The molecule has 2 amide bonds. The van der Waals surface area contributed by atoms with Gasteiger partial charge >= 0.3 is 0 Å². The zero-order valence-corrected chi connectivity index (χ0v) is 16.4. The van der Waals surface area contributed by atoms with Crippen molar-refractivity contribution in [3.8, 4) is 11.1 Å². The lowest BCUT2D eigenvalue weighted by Gasteiger charge is -2.30. The number of amides is 2. The number of morpholine rings is 1. The van der Waals surface area contributed by atoms with Crippen LogP contribution in [0.15, 0.2) is 54.6 Å². The van der Waals surface area contributed by atoms with E-state index in [0.29, 0.717) is 45.0 Å². The predicted octanol–water partition coefficient (Wildman–Crippen LogP) is 1.29. The smallest absolute Gasteiger partial charge is 0.251 e. The van der Waals surface area contributed by atoms with Crippen molar-refractivity contribution in [1.29, 1.82) is 0 Å². The Kier molecular flexibility index (Phi) is 7.75. The van der Waals surface area contributed by atoms with Gasteiger partial charge < -0.3 is 25.4 Å². The Morgan fingerprint density at radius 3 is 2.34 bits per heavy atom. The highest BCUT2D eigenvalue weighted by molar-refractivity contribution is 5.98. The van der Waals surface area contributed by atoms with E-state index in [-0.39, 0.29) is 18.4 Å². The Morgan fingerprint density at radius 2 is 1.69 bits per heavy atom. The van der Waals surface area contributed by atoms with Crippen LogP contribution in [0.25, 0.3) is 11.1 Å². The number of carbonyl (C=O) groups is 2. The van der Waals surface area contributed by atoms with E-state index in [0.717, 1.165) is 11.1 Å². The SMILES string of the molecule is NCCOC[C@H](NC(=O)c1ccc(-c2ccccc2)cc1)C(=O)N1CCOCC1. The van der Waals surface area contributed by atoms with Crippen molar-refractivity contribution in [3.05, 3.63) is 60.2 Å². The summed E-state index contributed by atoms with van der Waals surface area (Å²) in [5.74, 6) is -0.479. The minimum absolute atomic E-state index is 0.0846. The fourth-order valence-corrected chi connectivity index (χ4v) is 3.15. The molecule has 1 aliphatic heterocycles. The zero-order valence-electron chi connectivity index (χ0n) is 16.4. The van der Waals surface area contributed by atoms with E-state index in [9.17, 15) is 9.59 Å². The van der Waals surface area contributed by atoms with Gasteiger partial charge in [-0.3, -0.25) is 9.59 Å². The Labute approximate surface area is 170 Å². The number of ether oxygens (including phenoxy) is 2. The minimum Gasteiger partial charge on any atom is -0.378 e. The van der Waals surface area contributed by atoms with E-state index >= 15 is 0 Å². The lowest BCUT2D eigenvalue weighted by atomic mass is 10.0. The summed E-state index contributed by atoms with van der Waals surface area (Å²) in [6.45, 7) is 2.78. The summed E-state index contributed by atoms with van der Waals surface area (Å²) in [7, 11) is 0. The van der Waals surface area contributed by atoms with Gasteiger partial charge in [0.15, 0.2) is 0 Å². The second-order valence-electron chi connectivity index (χ2n) is 6.77. The van der Waals surface area contributed by atoms with Crippen LogP contribution in [-0.2, 0) is 14.3 Å². The molecule has 7 heteroatoms. The van der Waals surface area contributed by atoms with Gasteiger partial charge in [0.25, 0.3) is 5.91 Å².